The Labute approximate surface area is 104 Å². The van der Waals surface area contributed by atoms with Gasteiger partial charge in [0.1, 0.15) is 6.26 Å². The average molecular weight is 239 g/mol. The lowest BCUT2D eigenvalue weighted by Gasteiger charge is -2.18. The molecule has 0 saturated heterocycles. The molecule has 0 aliphatic rings. The van der Waals surface area contributed by atoms with E-state index in [4.69, 9.17) is 4.42 Å². The Morgan fingerprint density at radius 3 is 2.88 bits per heavy atom. The smallest absolute Gasteiger partial charge is 0.297 e. The number of aromatic nitrogens is 1. The van der Waals surface area contributed by atoms with Crippen LogP contribution >= 0.6 is 0 Å². The molecule has 0 spiro atoms. The van der Waals surface area contributed by atoms with E-state index in [1.165, 1.54) is 6.42 Å². The van der Waals surface area contributed by atoms with E-state index in [0.29, 0.717) is 5.92 Å². The highest BCUT2D eigenvalue weighted by molar-refractivity contribution is 5.25. The van der Waals surface area contributed by atoms with Gasteiger partial charge in [0, 0.05) is 20.1 Å². The van der Waals surface area contributed by atoms with Gasteiger partial charge in [0.05, 0.1) is 5.69 Å². The molecule has 1 atom stereocenters. The Morgan fingerprint density at radius 1 is 1.47 bits per heavy atom. The van der Waals surface area contributed by atoms with Crippen molar-refractivity contribution >= 4 is 6.01 Å². The lowest BCUT2D eigenvalue weighted by atomic mass is 10.1. The largest absolute Gasteiger partial charge is 0.432 e. The molecule has 0 radical (unpaired) electrons. The summed E-state index contributed by atoms with van der Waals surface area (Å²) >= 11 is 0. The zero-order valence-corrected chi connectivity index (χ0v) is 11.5. The van der Waals surface area contributed by atoms with Crippen LogP contribution in [0.4, 0.5) is 6.01 Å². The fraction of sp³-hybridized carbons (Fsp3) is 0.769. The summed E-state index contributed by atoms with van der Waals surface area (Å²) in [4.78, 5) is 6.55. The molecule has 0 bridgehead atoms. The Hall–Kier alpha value is -1.03. The van der Waals surface area contributed by atoms with E-state index in [-0.39, 0.29) is 0 Å². The van der Waals surface area contributed by atoms with E-state index in [0.717, 1.165) is 37.8 Å². The van der Waals surface area contributed by atoms with Gasteiger partial charge in [0.25, 0.3) is 6.01 Å². The normalized spacial score (nSPS) is 12.7. The van der Waals surface area contributed by atoms with Gasteiger partial charge in [-0.2, -0.15) is 4.98 Å². The van der Waals surface area contributed by atoms with Crippen LogP contribution in [-0.2, 0) is 6.54 Å². The molecule has 1 heterocycles. The van der Waals surface area contributed by atoms with Crippen molar-refractivity contribution < 1.29 is 4.42 Å². The second kappa shape index (κ2) is 7.33. The maximum atomic E-state index is 5.48. The van der Waals surface area contributed by atoms with Crippen LogP contribution in [0.1, 0.15) is 39.3 Å². The van der Waals surface area contributed by atoms with Crippen molar-refractivity contribution in [3.05, 3.63) is 12.0 Å². The summed E-state index contributed by atoms with van der Waals surface area (Å²) in [6.45, 7) is 9.39. The molecule has 17 heavy (non-hydrogen) atoms. The van der Waals surface area contributed by atoms with Crippen LogP contribution in [0.5, 0.6) is 0 Å². The van der Waals surface area contributed by atoms with Crippen molar-refractivity contribution in [1.29, 1.82) is 0 Å². The minimum Gasteiger partial charge on any atom is -0.432 e. The van der Waals surface area contributed by atoms with Crippen LogP contribution in [0, 0.1) is 5.92 Å². The number of nitrogens with zero attached hydrogens (tertiary/aromatic N) is 2. The highest BCUT2D eigenvalue weighted by Crippen LogP contribution is 2.14. The topological polar surface area (TPSA) is 41.3 Å². The SMILES string of the molecule is CCCNCc1coc(N(C)CC(C)CC)n1. The first-order valence-electron chi connectivity index (χ1n) is 6.53. The van der Waals surface area contributed by atoms with Crippen molar-refractivity contribution in [1.82, 2.24) is 10.3 Å². The quantitative estimate of drug-likeness (QED) is 0.708. The van der Waals surface area contributed by atoms with Crippen LogP contribution in [0.2, 0.25) is 0 Å². The molecule has 1 unspecified atom stereocenters. The Kier molecular flexibility index (Phi) is 6.05. The standard InChI is InChI=1S/C13H25N3O/c1-5-7-14-8-12-10-17-13(15-12)16(4)9-11(3)6-2/h10-11,14H,5-9H2,1-4H3. The van der Waals surface area contributed by atoms with Gasteiger partial charge in [0.15, 0.2) is 0 Å². The molecule has 0 saturated carbocycles. The number of anilines is 1. The highest BCUT2D eigenvalue weighted by Gasteiger charge is 2.11. The second-order valence-electron chi connectivity index (χ2n) is 4.69. The molecular weight excluding hydrogens is 214 g/mol. The minimum absolute atomic E-state index is 0.661. The van der Waals surface area contributed by atoms with E-state index in [1.54, 1.807) is 6.26 Å². The summed E-state index contributed by atoms with van der Waals surface area (Å²) in [6.07, 6.45) is 4.06. The van der Waals surface area contributed by atoms with Gasteiger partial charge < -0.3 is 14.6 Å². The van der Waals surface area contributed by atoms with Gasteiger partial charge in [0.2, 0.25) is 0 Å². The van der Waals surface area contributed by atoms with Crippen LogP contribution in [0.3, 0.4) is 0 Å². The summed E-state index contributed by atoms with van der Waals surface area (Å²) < 4.78 is 5.48. The third-order valence-electron chi connectivity index (χ3n) is 2.88. The summed E-state index contributed by atoms with van der Waals surface area (Å²) in [5.41, 5.74) is 0.976. The van der Waals surface area contributed by atoms with Gasteiger partial charge in [-0.25, -0.2) is 0 Å². The molecule has 0 fully saturated rings. The molecule has 4 heteroatoms. The van der Waals surface area contributed by atoms with E-state index < -0.39 is 0 Å². The van der Waals surface area contributed by atoms with Gasteiger partial charge >= 0.3 is 0 Å². The number of oxazole rings is 1. The predicted octanol–water partition coefficient (Wildman–Crippen LogP) is 2.66. The number of nitrogens with one attached hydrogen (secondary N) is 1. The molecule has 1 rings (SSSR count). The van der Waals surface area contributed by atoms with Crippen molar-refractivity contribution in [3.63, 3.8) is 0 Å². The van der Waals surface area contributed by atoms with Gasteiger partial charge in [-0.15, -0.1) is 0 Å². The van der Waals surface area contributed by atoms with E-state index in [1.807, 2.05) is 7.05 Å². The molecule has 1 N–H and O–H groups in total. The number of hydrogen-bond donors (Lipinski definition) is 1. The lowest BCUT2D eigenvalue weighted by Crippen LogP contribution is -2.24. The van der Waals surface area contributed by atoms with Crippen LogP contribution in [0.25, 0.3) is 0 Å². The van der Waals surface area contributed by atoms with E-state index in [2.05, 4.69) is 36.0 Å². The zero-order valence-electron chi connectivity index (χ0n) is 11.5. The molecule has 0 amide bonds. The van der Waals surface area contributed by atoms with Gasteiger partial charge in [-0.1, -0.05) is 27.2 Å². The summed E-state index contributed by atoms with van der Waals surface area (Å²) in [5, 5.41) is 3.31. The fourth-order valence-electron chi connectivity index (χ4n) is 1.62. The summed E-state index contributed by atoms with van der Waals surface area (Å²) in [7, 11) is 2.03. The van der Waals surface area contributed by atoms with E-state index in [9.17, 15) is 0 Å². The minimum atomic E-state index is 0.661. The first-order valence-corrected chi connectivity index (χ1v) is 6.53. The summed E-state index contributed by atoms with van der Waals surface area (Å²) in [5.74, 6) is 0.661. The number of hydrogen-bond acceptors (Lipinski definition) is 4. The molecule has 98 valence electrons. The maximum Gasteiger partial charge on any atom is 0.297 e. The highest BCUT2D eigenvalue weighted by atomic mass is 16.4. The fourth-order valence-corrected chi connectivity index (χ4v) is 1.62. The Morgan fingerprint density at radius 2 is 2.24 bits per heavy atom. The lowest BCUT2D eigenvalue weighted by molar-refractivity contribution is 0.502. The van der Waals surface area contributed by atoms with Gasteiger partial charge in [-0.05, 0) is 18.9 Å². The zero-order chi connectivity index (χ0) is 12.7. The molecule has 4 nitrogen and oxygen atoms in total. The third-order valence-corrected chi connectivity index (χ3v) is 2.88. The van der Waals surface area contributed by atoms with Crippen LogP contribution in [-0.4, -0.2) is 25.1 Å². The predicted molar refractivity (Wildman–Crippen MR) is 71.2 cm³/mol. The van der Waals surface area contributed by atoms with E-state index >= 15 is 0 Å². The number of rotatable bonds is 8. The third kappa shape index (κ3) is 4.77. The first kappa shape index (κ1) is 14.0. The van der Waals surface area contributed by atoms with Crippen molar-refractivity contribution in [2.75, 3.05) is 25.0 Å². The van der Waals surface area contributed by atoms with Crippen LogP contribution < -0.4 is 10.2 Å². The Balaban J connectivity index is 2.43. The Bertz CT molecular complexity index is 311. The van der Waals surface area contributed by atoms with Crippen LogP contribution in [0.15, 0.2) is 10.7 Å². The molecule has 1 aromatic rings. The van der Waals surface area contributed by atoms with Crippen molar-refractivity contribution in [2.45, 2.75) is 40.2 Å². The molecule has 0 aliphatic carbocycles. The maximum absolute atomic E-state index is 5.48. The molecular formula is C13H25N3O. The second-order valence-corrected chi connectivity index (χ2v) is 4.69. The van der Waals surface area contributed by atoms with Gasteiger partial charge in [-0.3, -0.25) is 0 Å². The molecule has 1 aromatic heterocycles. The monoisotopic (exact) mass is 239 g/mol. The summed E-state index contributed by atoms with van der Waals surface area (Å²) in [6, 6.07) is 0.721. The van der Waals surface area contributed by atoms with Crippen molar-refractivity contribution in [3.8, 4) is 0 Å². The molecule has 0 aliphatic heterocycles. The van der Waals surface area contributed by atoms with Crippen molar-refractivity contribution in [2.24, 2.45) is 5.92 Å². The first-order chi connectivity index (χ1) is 8.17. The molecule has 0 aromatic carbocycles. The average Bonchev–Trinajstić information content (AvgIpc) is 2.78.